The Kier molecular flexibility index (Phi) is 43.7. The minimum atomic E-state index is -1.79. The fourth-order valence-electron chi connectivity index (χ4n) is 9.45. The van der Waals surface area contributed by atoms with E-state index < -0.39 is 86.8 Å². The molecule has 0 aliphatic carbocycles. The molecule has 0 aromatic carbocycles. The molecule has 444 valence electrons. The number of aliphatic hydroxyl groups is 8. The first kappa shape index (κ1) is 70.3. The molecular formula is C63H109NO13. The Morgan fingerprint density at radius 3 is 1.43 bits per heavy atom. The molecule has 0 bridgehead atoms. The van der Waals surface area contributed by atoms with Crippen LogP contribution in [0.3, 0.4) is 0 Å². The van der Waals surface area contributed by atoms with Gasteiger partial charge in [0, 0.05) is 6.42 Å². The van der Waals surface area contributed by atoms with E-state index in [1.54, 1.807) is 6.08 Å². The number of carbonyl (C=O) groups is 1. The summed E-state index contributed by atoms with van der Waals surface area (Å²) in [6, 6.07) is -0.932. The summed E-state index contributed by atoms with van der Waals surface area (Å²) in [6.07, 6.45) is 48.0. The van der Waals surface area contributed by atoms with Gasteiger partial charge in [-0.05, 0) is 77.0 Å². The highest BCUT2D eigenvalue weighted by molar-refractivity contribution is 5.76. The topological polar surface area (TPSA) is 228 Å². The van der Waals surface area contributed by atoms with Crippen molar-refractivity contribution in [2.24, 2.45) is 0 Å². The van der Waals surface area contributed by atoms with Gasteiger partial charge in [0.15, 0.2) is 12.6 Å². The van der Waals surface area contributed by atoms with Crippen LogP contribution in [0.1, 0.15) is 213 Å². The second kappa shape index (κ2) is 47.9. The van der Waals surface area contributed by atoms with Crippen molar-refractivity contribution in [1.29, 1.82) is 0 Å². The molecule has 14 nitrogen and oxygen atoms in total. The first-order valence-corrected chi connectivity index (χ1v) is 30.3. The van der Waals surface area contributed by atoms with Gasteiger partial charge >= 0.3 is 0 Å². The second-order valence-electron chi connectivity index (χ2n) is 21.1. The Bertz CT molecular complexity index is 1610. The number of rotatable bonds is 47. The molecule has 14 heteroatoms. The highest BCUT2D eigenvalue weighted by Gasteiger charge is 2.51. The van der Waals surface area contributed by atoms with E-state index in [4.69, 9.17) is 18.9 Å². The van der Waals surface area contributed by atoms with Crippen molar-refractivity contribution < 1.29 is 64.6 Å². The largest absolute Gasteiger partial charge is 0.394 e. The van der Waals surface area contributed by atoms with Gasteiger partial charge in [-0.1, -0.05) is 214 Å². The average Bonchev–Trinajstić information content (AvgIpc) is 3.45. The van der Waals surface area contributed by atoms with E-state index in [1.165, 1.54) is 109 Å². The number of unbranched alkanes of at least 4 members (excludes halogenated alkanes) is 22. The van der Waals surface area contributed by atoms with E-state index >= 15 is 0 Å². The van der Waals surface area contributed by atoms with E-state index in [0.717, 1.165) is 70.6 Å². The van der Waals surface area contributed by atoms with Crippen LogP contribution in [0.4, 0.5) is 0 Å². The fourth-order valence-corrected chi connectivity index (χ4v) is 9.45. The van der Waals surface area contributed by atoms with Crippen molar-refractivity contribution in [3.05, 3.63) is 85.1 Å². The first-order chi connectivity index (χ1) is 37.6. The van der Waals surface area contributed by atoms with Gasteiger partial charge in [0.2, 0.25) is 5.91 Å². The van der Waals surface area contributed by atoms with Gasteiger partial charge in [0.1, 0.15) is 48.8 Å². The molecular weight excluding hydrogens is 979 g/mol. The number of nitrogens with one attached hydrogen (secondary N) is 1. The van der Waals surface area contributed by atoms with Crippen molar-refractivity contribution >= 4 is 5.91 Å². The summed E-state index contributed by atoms with van der Waals surface area (Å²) < 4.78 is 22.7. The summed E-state index contributed by atoms with van der Waals surface area (Å²) in [4.78, 5) is 13.2. The molecule has 0 aromatic heterocycles. The Hall–Kier alpha value is -2.83. The normalized spacial score (nSPS) is 25.3. The zero-order valence-electron chi connectivity index (χ0n) is 47.7. The predicted molar refractivity (Wildman–Crippen MR) is 309 cm³/mol. The van der Waals surface area contributed by atoms with Crippen molar-refractivity contribution in [2.75, 3.05) is 19.8 Å². The van der Waals surface area contributed by atoms with Crippen LogP contribution in [-0.4, -0.2) is 140 Å². The third-order valence-electron chi connectivity index (χ3n) is 14.3. The van der Waals surface area contributed by atoms with Gasteiger partial charge in [-0.15, -0.1) is 0 Å². The SMILES string of the molecule is CC/C=C\C/C=C\C/C=C\C/C=C\C/C=C\CCCCCCCCCCCCCCCCCCCC(=O)NC(COC1OC(CO)C(OC2OC(CO)C(O)C(O)C2O)C(O)C1O)C(O)/C=C/CC/C=C/CCCCCC. The van der Waals surface area contributed by atoms with Gasteiger partial charge in [0.25, 0.3) is 0 Å². The first-order valence-electron chi connectivity index (χ1n) is 30.3. The summed E-state index contributed by atoms with van der Waals surface area (Å²) in [7, 11) is 0. The molecule has 2 saturated heterocycles. The summed E-state index contributed by atoms with van der Waals surface area (Å²) in [6.45, 7) is 2.61. The van der Waals surface area contributed by atoms with E-state index in [9.17, 15) is 45.6 Å². The number of hydrogen-bond donors (Lipinski definition) is 9. The molecule has 2 fully saturated rings. The zero-order valence-corrected chi connectivity index (χ0v) is 47.7. The Balaban J connectivity index is 1.62. The second-order valence-corrected chi connectivity index (χ2v) is 21.1. The maximum absolute atomic E-state index is 13.2. The van der Waals surface area contributed by atoms with E-state index in [1.807, 2.05) is 6.08 Å². The molecule has 12 atom stereocenters. The van der Waals surface area contributed by atoms with Crippen LogP contribution in [0.5, 0.6) is 0 Å². The van der Waals surface area contributed by atoms with Crippen LogP contribution >= 0.6 is 0 Å². The molecule has 2 aliphatic heterocycles. The number of ether oxygens (including phenoxy) is 4. The quantitative estimate of drug-likeness (QED) is 0.0204. The van der Waals surface area contributed by atoms with Gasteiger partial charge in [-0.3, -0.25) is 4.79 Å². The van der Waals surface area contributed by atoms with Crippen LogP contribution in [0.25, 0.3) is 0 Å². The summed E-state index contributed by atoms with van der Waals surface area (Å²) in [5.41, 5.74) is 0. The Labute approximate surface area is 465 Å². The number of hydrogen-bond acceptors (Lipinski definition) is 13. The molecule has 0 saturated carbocycles. The molecule has 0 radical (unpaired) electrons. The predicted octanol–water partition coefficient (Wildman–Crippen LogP) is 10.5. The van der Waals surface area contributed by atoms with E-state index in [0.29, 0.717) is 12.8 Å². The molecule has 0 aromatic rings. The smallest absolute Gasteiger partial charge is 0.220 e. The number of carbonyl (C=O) groups excluding carboxylic acids is 1. The summed E-state index contributed by atoms with van der Waals surface area (Å²) >= 11 is 0. The lowest BCUT2D eigenvalue weighted by Gasteiger charge is -2.46. The highest BCUT2D eigenvalue weighted by Crippen LogP contribution is 2.30. The van der Waals surface area contributed by atoms with Crippen molar-refractivity contribution in [3.8, 4) is 0 Å². The van der Waals surface area contributed by atoms with Crippen LogP contribution in [0.2, 0.25) is 0 Å². The number of aliphatic hydroxyl groups excluding tert-OH is 8. The molecule has 2 heterocycles. The van der Waals surface area contributed by atoms with Crippen molar-refractivity contribution in [1.82, 2.24) is 5.32 Å². The third kappa shape index (κ3) is 33.5. The van der Waals surface area contributed by atoms with Crippen molar-refractivity contribution in [3.63, 3.8) is 0 Å². The molecule has 2 aliphatic rings. The molecule has 0 spiro atoms. The Morgan fingerprint density at radius 1 is 0.481 bits per heavy atom. The van der Waals surface area contributed by atoms with Crippen LogP contribution in [0.15, 0.2) is 85.1 Å². The van der Waals surface area contributed by atoms with E-state index in [2.05, 4.69) is 92.1 Å². The molecule has 9 N–H and O–H groups in total. The average molecular weight is 1090 g/mol. The Morgan fingerprint density at radius 2 is 0.909 bits per heavy atom. The monoisotopic (exact) mass is 1090 g/mol. The summed E-state index contributed by atoms with van der Waals surface area (Å²) in [5, 5.41) is 86.8. The minimum Gasteiger partial charge on any atom is -0.394 e. The van der Waals surface area contributed by atoms with Crippen molar-refractivity contribution in [2.45, 2.75) is 286 Å². The van der Waals surface area contributed by atoms with Crippen LogP contribution in [0, 0.1) is 0 Å². The number of allylic oxidation sites excluding steroid dienone is 13. The molecule has 2 rings (SSSR count). The van der Waals surface area contributed by atoms with Crippen LogP contribution < -0.4 is 5.32 Å². The lowest BCUT2D eigenvalue weighted by molar-refractivity contribution is -0.359. The minimum absolute atomic E-state index is 0.253. The molecule has 77 heavy (non-hydrogen) atoms. The molecule has 1 amide bonds. The molecule has 12 unspecified atom stereocenters. The standard InChI is InChI=1S/C63H109NO13/c1-3-5-7-9-11-13-15-16-17-18-19-20-21-22-23-24-25-26-27-28-29-30-31-32-33-34-35-36-37-39-41-43-45-47-55(68)64-51(52(67)46-44-42-40-38-14-12-10-8-6-4-2)50-74-62-60(73)58(71)61(54(49-66)76-62)77-63-59(72)57(70)56(69)53(48-65)75-63/h5,7,11,13-14,16-17,19-20,22-23,38,44,46,51-54,56-63,65-67,69-73H,3-4,6,8-10,12,15,18,21,24-37,39-43,45,47-50H2,1-2H3,(H,64,68)/b7-5-,13-11-,17-16-,20-19-,23-22-,38-14+,46-44+. The van der Waals surface area contributed by atoms with E-state index in [-0.39, 0.29) is 18.9 Å². The zero-order chi connectivity index (χ0) is 56.0. The van der Waals surface area contributed by atoms with Gasteiger partial charge < -0.3 is 65.1 Å². The maximum atomic E-state index is 13.2. The van der Waals surface area contributed by atoms with Crippen LogP contribution in [-0.2, 0) is 23.7 Å². The maximum Gasteiger partial charge on any atom is 0.220 e. The highest BCUT2D eigenvalue weighted by atomic mass is 16.7. The number of amides is 1. The lowest BCUT2D eigenvalue weighted by Crippen LogP contribution is -2.65. The fraction of sp³-hybridized carbons (Fsp3) is 0.762. The summed E-state index contributed by atoms with van der Waals surface area (Å²) in [5.74, 6) is -0.253. The van der Waals surface area contributed by atoms with Gasteiger partial charge in [-0.2, -0.15) is 0 Å². The lowest BCUT2D eigenvalue weighted by atomic mass is 9.97. The van der Waals surface area contributed by atoms with Gasteiger partial charge in [-0.25, -0.2) is 0 Å². The van der Waals surface area contributed by atoms with Gasteiger partial charge in [0.05, 0.1) is 32.0 Å². The third-order valence-corrected chi connectivity index (χ3v) is 14.3.